The zero-order valence-corrected chi connectivity index (χ0v) is 14.0. The maximum absolute atomic E-state index is 12.8. The van der Waals surface area contributed by atoms with Gasteiger partial charge in [0.05, 0.1) is 5.56 Å². The molecule has 0 saturated carbocycles. The van der Waals surface area contributed by atoms with Gasteiger partial charge in [-0.25, -0.2) is 0 Å². The molecule has 1 aromatic carbocycles. The summed E-state index contributed by atoms with van der Waals surface area (Å²) in [5.74, 6) is 0.0993. The molecule has 20 heavy (non-hydrogen) atoms. The summed E-state index contributed by atoms with van der Waals surface area (Å²) in [4.78, 5) is 14.8. The number of nitrogens with one attached hydrogen (secondary N) is 1. The van der Waals surface area contributed by atoms with Crippen LogP contribution in [0.15, 0.2) is 22.7 Å². The van der Waals surface area contributed by atoms with Crippen molar-refractivity contribution in [3.05, 3.63) is 33.3 Å². The molecule has 110 valence electrons. The smallest absolute Gasteiger partial charge is 0.255 e. The van der Waals surface area contributed by atoms with Gasteiger partial charge in [0.1, 0.15) is 0 Å². The molecule has 1 saturated heterocycles. The van der Waals surface area contributed by atoms with E-state index in [1.54, 1.807) is 18.2 Å². The van der Waals surface area contributed by atoms with E-state index in [4.69, 9.17) is 11.6 Å². The molecular formula is C15H20BrClN2O. The number of rotatable bonds is 4. The van der Waals surface area contributed by atoms with Crippen LogP contribution in [0.4, 0.5) is 0 Å². The molecule has 1 aliphatic rings. The first-order chi connectivity index (χ1) is 9.63. The first-order valence-electron chi connectivity index (χ1n) is 7.10. The number of carbonyl (C=O) groups is 1. The number of hydrogen-bond acceptors (Lipinski definition) is 2. The van der Waals surface area contributed by atoms with Crippen molar-refractivity contribution in [1.82, 2.24) is 10.2 Å². The van der Waals surface area contributed by atoms with Gasteiger partial charge >= 0.3 is 0 Å². The highest BCUT2D eigenvalue weighted by Crippen LogP contribution is 2.25. The van der Waals surface area contributed by atoms with Crippen LogP contribution in [-0.2, 0) is 0 Å². The Balaban J connectivity index is 2.21. The molecule has 1 amide bonds. The zero-order chi connectivity index (χ0) is 14.5. The highest BCUT2D eigenvalue weighted by Gasteiger charge is 2.26. The molecule has 1 aliphatic heterocycles. The Morgan fingerprint density at radius 3 is 2.75 bits per heavy atom. The van der Waals surface area contributed by atoms with E-state index in [1.165, 1.54) is 0 Å². The maximum Gasteiger partial charge on any atom is 0.255 e. The van der Waals surface area contributed by atoms with Crippen molar-refractivity contribution >= 4 is 33.4 Å². The molecule has 1 aromatic rings. The minimum atomic E-state index is 0.0993. The van der Waals surface area contributed by atoms with Crippen LogP contribution in [-0.4, -0.2) is 36.5 Å². The second kappa shape index (κ2) is 7.43. The topological polar surface area (TPSA) is 32.3 Å². The lowest BCUT2D eigenvalue weighted by Gasteiger charge is -2.35. The first-order valence-corrected chi connectivity index (χ1v) is 8.27. The molecule has 0 unspecified atom stereocenters. The van der Waals surface area contributed by atoms with E-state index in [-0.39, 0.29) is 5.91 Å². The Kier molecular flexibility index (Phi) is 5.87. The molecule has 5 heteroatoms. The molecular weight excluding hydrogens is 340 g/mol. The quantitative estimate of drug-likeness (QED) is 0.889. The van der Waals surface area contributed by atoms with E-state index in [0.717, 1.165) is 43.4 Å². The van der Waals surface area contributed by atoms with Gasteiger partial charge in [0.15, 0.2) is 0 Å². The van der Waals surface area contributed by atoms with Crippen molar-refractivity contribution in [2.75, 3.05) is 19.6 Å². The molecule has 0 spiro atoms. The molecule has 1 N–H and O–H groups in total. The Hall–Kier alpha value is -0.580. The van der Waals surface area contributed by atoms with Crippen molar-refractivity contribution < 1.29 is 4.79 Å². The summed E-state index contributed by atoms with van der Waals surface area (Å²) >= 11 is 9.39. The van der Waals surface area contributed by atoms with Gasteiger partial charge in [-0.05, 0) is 66.5 Å². The number of amides is 1. The lowest BCUT2D eigenvalue weighted by atomic mass is 10.0. The van der Waals surface area contributed by atoms with E-state index < -0.39 is 0 Å². The van der Waals surface area contributed by atoms with Gasteiger partial charge in [-0.1, -0.05) is 18.5 Å². The third kappa shape index (κ3) is 3.74. The average Bonchev–Trinajstić information content (AvgIpc) is 2.45. The summed E-state index contributed by atoms with van der Waals surface area (Å²) in [6.07, 6.45) is 3.02. The number of hydrogen-bond donors (Lipinski definition) is 1. The summed E-state index contributed by atoms with van der Waals surface area (Å²) in [5.41, 5.74) is 0.696. The van der Waals surface area contributed by atoms with Gasteiger partial charge in [-0.15, -0.1) is 0 Å². The number of benzene rings is 1. The third-order valence-corrected chi connectivity index (χ3v) is 4.53. The van der Waals surface area contributed by atoms with E-state index in [2.05, 4.69) is 28.2 Å². The number of carbonyl (C=O) groups excluding carboxylic acids is 1. The second-order valence-corrected chi connectivity index (χ2v) is 6.39. The molecule has 0 aliphatic carbocycles. The molecule has 0 aromatic heterocycles. The molecule has 0 bridgehead atoms. The maximum atomic E-state index is 12.8. The molecule has 3 nitrogen and oxygen atoms in total. The summed E-state index contributed by atoms with van der Waals surface area (Å²) in [6.45, 7) is 4.89. The van der Waals surface area contributed by atoms with Crippen molar-refractivity contribution in [1.29, 1.82) is 0 Å². The summed E-state index contributed by atoms with van der Waals surface area (Å²) < 4.78 is 0.769. The SMILES string of the molecule is CCCN(C(=O)c1ccc(Cl)cc1Br)C1CCNCC1. The predicted octanol–water partition coefficient (Wildman–Crippen LogP) is 3.71. The van der Waals surface area contributed by atoms with Crippen LogP contribution < -0.4 is 5.32 Å². The second-order valence-electron chi connectivity index (χ2n) is 5.10. The van der Waals surface area contributed by atoms with Gasteiger partial charge in [0.2, 0.25) is 0 Å². The van der Waals surface area contributed by atoms with Crippen LogP contribution in [0.25, 0.3) is 0 Å². The van der Waals surface area contributed by atoms with Crippen LogP contribution in [0.3, 0.4) is 0 Å². The van der Waals surface area contributed by atoms with Crippen LogP contribution >= 0.6 is 27.5 Å². The summed E-state index contributed by atoms with van der Waals surface area (Å²) in [5, 5.41) is 3.98. The summed E-state index contributed by atoms with van der Waals surface area (Å²) in [7, 11) is 0. The molecule has 1 fully saturated rings. The Bertz CT molecular complexity index is 475. The van der Waals surface area contributed by atoms with Gasteiger partial charge in [0, 0.05) is 22.1 Å². The van der Waals surface area contributed by atoms with Crippen LogP contribution in [0.5, 0.6) is 0 Å². The number of halogens is 2. The van der Waals surface area contributed by atoms with Gasteiger partial charge in [0.25, 0.3) is 5.91 Å². The summed E-state index contributed by atoms with van der Waals surface area (Å²) in [6, 6.07) is 5.69. The minimum absolute atomic E-state index is 0.0993. The van der Waals surface area contributed by atoms with Crippen molar-refractivity contribution in [2.45, 2.75) is 32.2 Å². The number of nitrogens with zero attached hydrogens (tertiary/aromatic N) is 1. The Labute approximate surface area is 133 Å². The van der Waals surface area contributed by atoms with Crippen molar-refractivity contribution in [3.8, 4) is 0 Å². The van der Waals surface area contributed by atoms with E-state index >= 15 is 0 Å². The van der Waals surface area contributed by atoms with E-state index in [0.29, 0.717) is 16.6 Å². The predicted molar refractivity (Wildman–Crippen MR) is 86.4 cm³/mol. The highest BCUT2D eigenvalue weighted by molar-refractivity contribution is 9.10. The fourth-order valence-corrected chi connectivity index (χ4v) is 3.48. The number of piperidine rings is 1. The lowest BCUT2D eigenvalue weighted by molar-refractivity contribution is 0.0641. The molecule has 2 rings (SSSR count). The standard InChI is InChI=1S/C15H20BrClN2O/c1-2-9-19(12-5-7-18-8-6-12)15(20)13-4-3-11(17)10-14(13)16/h3-4,10,12,18H,2,5-9H2,1H3. The Morgan fingerprint density at radius 2 is 2.15 bits per heavy atom. The van der Waals surface area contributed by atoms with Gasteiger partial charge in [-0.2, -0.15) is 0 Å². The fraction of sp³-hybridized carbons (Fsp3) is 0.533. The monoisotopic (exact) mass is 358 g/mol. The highest BCUT2D eigenvalue weighted by atomic mass is 79.9. The molecule has 1 heterocycles. The minimum Gasteiger partial charge on any atom is -0.336 e. The van der Waals surface area contributed by atoms with Gasteiger partial charge < -0.3 is 10.2 Å². The molecule has 0 atom stereocenters. The largest absolute Gasteiger partial charge is 0.336 e. The van der Waals surface area contributed by atoms with E-state index in [9.17, 15) is 4.79 Å². The fourth-order valence-electron chi connectivity index (χ4n) is 2.63. The van der Waals surface area contributed by atoms with Crippen molar-refractivity contribution in [2.24, 2.45) is 0 Å². The van der Waals surface area contributed by atoms with Crippen molar-refractivity contribution in [3.63, 3.8) is 0 Å². The molecule has 0 radical (unpaired) electrons. The average molecular weight is 360 g/mol. The lowest BCUT2D eigenvalue weighted by Crippen LogP contribution is -2.46. The van der Waals surface area contributed by atoms with E-state index in [1.807, 2.05) is 4.90 Å². The Morgan fingerprint density at radius 1 is 1.45 bits per heavy atom. The van der Waals surface area contributed by atoms with Gasteiger partial charge in [-0.3, -0.25) is 4.79 Å². The first kappa shape index (κ1) is 15.8. The van der Waals surface area contributed by atoms with Crippen LogP contribution in [0, 0.1) is 0 Å². The van der Waals surface area contributed by atoms with Crippen LogP contribution in [0.1, 0.15) is 36.5 Å². The normalized spacial score (nSPS) is 16.1. The zero-order valence-electron chi connectivity index (χ0n) is 11.7. The third-order valence-electron chi connectivity index (χ3n) is 3.64. The van der Waals surface area contributed by atoms with Crippen LogP contribution in [0.2, 0.25) is 5.02 Å².